The Kier molecular flexibility index (Phi) is 3.59. The Morgan fingerprint density at radius 2 is 2.05 bits per heavy atom. The molecule has 1 aromatic rings. The van der Waals surface area contributed by atoms with E-state index in [1.807, 2.05) is 0 Å². The van der Waals surface area contributed by atoms with Gasteiger partial charge >= 0.3 is 6.18 Å². The number of rotatable bonds is 3. The lowest BCUT2D eigenvalue weighted by atomic mass is 9.77. The molecule has 3 rings (SSSR count). The van der Waals surface area contributed by atoms with Crippen LogP contribution in [0.5, 0.6) is 5.75 Å². The van der Waals surface area contributed by atoms with Crippen LogP contribution in [0, 0.1) is 5.41 Å². The summed E-state index contributed by atoms with van der Waals surface area (Å²) in [5.74, 6) is -0.375. The standard InChI is InChI=1S/C14H13BF3NO3/c15-10-2-1-9(3-11(10)22-8-14(16,17)18)12(20)19-4-13(5-19)6-21-7-13/h1-3H,4-8H2. The van der Waals surface area contributed by atoms with Crippen molar-refractivity contribution in [1.82, 2.24) is 4.90 Å². The number of amides is 1. The third-order valence-electron chi connectivity index (χ3n) is 3.81. The number of ether oxygens (including phenoxy) is 2. The lowest BCUT2D eigenvalue weighted by Gasteiger charge is -2.54. The Labute approximate surface area is 126 Å². The molecule has 2 aliphatic heterocycles. The molecule has 2 saturated heterocycles. The molecule has 0 saturated carbocycles. The molecule has 116 valence electrons. The quantitative estimate of drug-likeness (QED) is 0.779. The maximum Gasteiger partial charge on any atom is 0.422 e. The minimum atomic E-state index is -4.46. The normalized spacial score (nSPS) is 19.5. The van der Waals surface area contributed by atoms with Crippen molar-refractivity contribution in [3.8, 4) is 5.75 Å². The fourth-order valence-corrected chi connectivity index (χ4v) is 2.61. The number of carbonyl (C=O) groups excluding carboxylic acids is 1. The number of alkyl halides is 3. The van der Waals surface area contributed by atoms with Gasteiger partial charge in [-0.05, 0) is 12.1 Å². The summed E-state index contributed by atoms with van der Waals surface area (Å²) in [5.41, 5.74) is 0.411. The van der Waals surface area contributed by atoms with Crippen LogP contribution in [0.3, 0.4) is 0 Å². The topological polar surface area (TPSA) is 38.8 Å². The van der Waals surface area contributed by atoms with E-state index >= 15 is 0 Å². The van der Waals surface area contributed by atoms with Crippen LogP contribution in [-0.2, 0) is 4.74 Å². The number of benzene rings is 1. The van der Waals surface area contributed by atoms with Gasteiger partial charge in [-0.1, -0.05) is 11.5 Å². The van der Waals surface area contributed by atoms with E-state index in [4.69, 9.17) is 12.6 Å². The monoisotopic (exact) mass is 311 g/mol. The largest absolute Gasteiger partial charge is 0.485 e. The predicted octanol–water partition coefficient (Wildman–Crippen LogP) is 0.894. The first-order chi connectivity index (χ1) is 10.3. The maximum absolute atomic E-state index is 12.3. The SMILES string of the molecule is [B]c1ccc(C(=O)N2CC3(COC3)C2)cc1OCC(F)(F)F. The van der Waals surface area contributed by atoms with Gasteiger partial charge in [0.15, 0.2) is 6.61 Å². The number of hydrogen-bond acceptors (Lipinski definition) is 3. The lowest BCUT2D eigenvalue weighted by molar-refractivity contribution is -0.176. The fraction of sp³-hybridized carbons (Fsp3) is 0.500. The van der Waals surface area contributed by atoms with Gasteiger partial charge in [0, 0.05) is 18.7 Å². The van der Waals surface area contributed by atoms with Crippen molar-refractivity contribution in [3.05, 3.63) is 23.8 Å². The van der Waals surface area contributed by atoms with E-state index in [-0.39, 0.29) is 28.1 Å². The van der Waals surface area contributed by atoms with E-state index in [1.54, 1.807) is 4.90 Å². The van der Waals surface area contributed by atoms with E-state index in [2.05, 4.69) is 4.74 Å². The van der Waals surface area contributed by atoms with E-state index in [0.717, 1.165) is 0 Å². The molecule has 1 spiro atoms. The predicted molar refractivity (Wildman–Crippen MR) is 72.5 cm³/mol. The number of hydrogen-bond donors (Lipinski definition) is 0. The fourth-order valence-electron chi connectivity index (χ4n) is 2.61. The molecule has 0 N–H and O–H groups in total. The summed E-state index contributed by atoms with van der Waals surface area (Å²) in [6, 6.07) is 4.12. The van der Waals surface area contributed by atoms with E-state index in [1.165, 1.54) is 18.2 Å². The molecule has 0 atom stereocenters. The van der Waals surface area contributed by atoms with Crippen LogP contribution in [-0.4, -0.2) is 57.7 Å². The number of nitrogens with zero attached hydrogens (tertiary/aromatic N) is 1. The Morgan fingerprint density at radius 1 is 1.36 bits per heavy atom. The first kappa shape index (κ1) is 15.2. The Bertz CT molecular complexity index is 593. The third kappa shape index (κ3) is 2.92. The van der Waals surface area contributed by atoms with Crippen LogP contribution < -0.4 is 10.2 Å². The minimum absolute atomic E-state index is 0.0632. The third-order valence-corrected chi connectivity index (χ3v) is 3.81. The number of carbonyl (C=O) groups is 1. The summed E-state index contributed by atoms with van der Waals surface area (Å²) in [6.07, 6.45) is -4.46. The van der Waals surface area contributed by atoms with Crippen LogP contribution in [0.1, 0.15) is 10.4 Å². The van der Waals surface area contributed by atoms with Gasteiger partial charge in [-0.15, -0.1) is 0 Å². The summed E-state index contributed by atoms with van der Waals surface area (Å²) < 4.78 is 46.4. The minimum Gasteiger partial charge on any atom is -0.485 e. The van der Waals surface area contributed by atoms with Crippen molar-refractivity contribution in [2.75, 3.05) is 32.9 Å². The van der Waals surface area contributed by atoms with E-state index < -0.39 is 12.8 Å². The molecule has 0 unspecified atom stereocenters. The van der Waals surface area contributed by atoms with Gasteiger partial charge in [-0.3, -0.25) is 4.79 Å². The summed E-state index contributed by atoms with van der Waals surface area (Å²) >= 11 is 0. The van der Waals surface area contributed by atoms with Crippen LogP contribution >= 0.6 is 0 Å². The average Bonchev–Trinajstić information content (AvgIpc) is 2.33. The van der Waals surface area contributed by atoms with Crippen LogP contribution in [0.15, 0.2) is 18.2 Å². The van der Waals surface area contributed by atoms with Crippen molar-refractivity contribution < 1.29 is 27.4 Å². The second kappa shape index (κ2) is 5.19. The van der Waals surface area contributed by atoms with Crippen LogP contribution in [0.2, 0.25) is 0 Å². The molecule has 2 radical (unpaired) electrons. The molecule has 0 bridgehead atoms. The summed E-state index contributed by atoms with van der Waals surface area (Å²) in [6.45, 7) is 1.07. The number of halogens is 3. The second-order valence-corrected chi connectivity index (χ2v) is 5.81. The molecule has 8 heteroatoms. The molecule has 2 aliphatic rings. The first-order valence-electron chi connectivity index (χ1n) is 6.74. The highest BCUT2D eigenvalue weighted by molar-refractivity contribution is 6.34. The highest BCUT2D eigenvalue weighted by Crippen LogP contribution is 2.38. The summed E-state index contributed by atoms with van der Waals surface area (Å²) in [5, 5.41) is 0. The summed E-state index contributed by atoms with van der Waals surface area (Å²) in [7, 11) is 5.58. The molecule has 2 heterocycles. The number of likely N-dealkylation sites (tertiary alicyclic amines) is 1. The molecule has 0 aromatic heterocycles. The van der Waals surface area contributed by atoms with E-state index in [9.17, 15) is 18.0 Å². The van der Waals surface area contributed by atoms with Gasteiger partial charge in [0.1, 0.15) is 13.6 Å². The molecule has 2 fully saturated rings. The highest BCUT2D eigenvalue weighted by atomic mass is 19.4. The lowest BCUT2D eigenvalue weighted by Crippen LogP contribution is -2.67. The molecular formula is C14H13BF3NO3. The Morgan fingerprint density at radius 3 is 2.59 bits per heavy atom. The maximum atomic E-state index is 12.3. The zero-order valence-electron chi connectivity index (χ0n) is 11.7. The molecule has 0 aliphatic carbocycles. The molecule has 22 heavy (non-hydrogen) atoms. The van der Waals surface area contributed by atoms with Crippen molar-refractivity contribution in [1.29, 1.82) is 0 Å². The Balaban J connectivity index is 1.67. The van der Waals surface area contributed by atoms with Gasteiger partial charge < -0.3 is 14.4 Å². The second-order valence-electron chi connectivity index (χ2n) is 5.81. The highest BCUT2D eigenvalue weighted by Gasteiger charge is 2.50. The van der Waals surface area contributed by atoms with Crippen molar-refractivity contribution >= 4 is 19.2 Å². The molecule has 1 aromatic carbocycles. The van der Waals surface area contributed by atoms with Gasteiger partial charge in [0.25, 0.3) is 5.91 Å². The first-order valence-corrected chi connectivity index (χ1v) is 6.74. The zero-order chi connectivity index (χ0) is 16.0. The van der Waals surface area contributed by atoms with Crippen LogP contribution in [0.4, 0.5) is 13.2 Å². The van der Waals surface area contributed by atoms with Gasteiger partial charge in [-0.25, -0.2) is 0 Å². The van der Waals surface area contributed by atoms with Crippen LogP contribution in [0.25, 0.3) is 0 Å². The molecule has 1 amide bonds. The zero-order valence-corrected chi connectivity index (χ0v) is 11.7. The summed E-state index contributed by atoms with van der Waals surface area (Å²) in [4.78, 5) is 13.9. The van der Waals surface area contributed by atoms with Gasteiger partial charge in [0.05, 0.1) is 18.6 Å². The van der Waals surface area contributed by atoms with E-state index in [0.29, 0.717) is 26.3 Å². The molecular weight excluding hydrogens is 298 g/mol. The van der Waals surface area contributed by atoms with Gasteiger partial charge in [-0.2, -0.15) is 13.2 Å². The van der Waals surface area contributed by atoms with Crippen molar-refractivity contribution in [2.45, 2.75) is 6.18 Å². The van der Waals surface area contributed by atoms with Gasteiger partial charge in [0.2, 0.25) is 0 Å². The average molecular weight is 311 g/mol. The van der Waals surface area contributed by atoms with Crippen molar-refractivity contribution in [2.24, 2.45) is 5.41 Å². The molecule has 4 nitrogen and oxygen atoms in total. The smallest absolute Gasteiger partial charge is 0.422 e. The Hall–Kier alpha value is -1.70. The van der Waals surface area contributed by atoms with Crippen molar-refractivity contribution in [3.63, 3.8) is 0 Å².